The summed E-state index contributed by atoms with van der Waals surface area (Å²) in [6.07, 6.45) is 0. The fourth-order valence-corrected chi connectivity index (χ4v) is 2.75. The first-order valence-electron chi connectivity index (χ1n) is 5.52. The van der Waals surface area contributed by atoms with Crippen LogP contribution in [0, 0.1) is 0 Å². The van der Waals surface area contributed by atoms with Crippen LogP contribution in [0.2, 0.25) is 0 Å². The van der Waals surface area contributed by atoms with Crippen LogP contribution in [0.25, 0.3) is 0 Å². The Morgan fingerprint density at radius 1 is 1.20 bits per heavy atom. The zero-order valence-corrected chi connectivity index (χ0v) is 13.2. The van der Waals surface area contributed by atoms with Crippen molar-refractivity contribution >= 4 is 43.7 Å². The van der Waals surface area contributed by atoms with Crippen molar-refractivity contribution in [1.29, 1.82) is 0 Å². The molecule has 0 bridgehead atoms. The largest absolute Gasteiger partial charge is 0.475 e. The molecule has 7 heteroatoms. The number of nitrogens with one attached hydrogen (secondary N) is 1. The van der Waals surface area contributed by atoms with Crippen LogP contribution in [0.1, 0.15) is 26.7 Å². The van der Waals surface area contributed by atoms with Crippen LogP contribution in [-0.2, 0) is 6.54 Å². The Morgan fingerprint density at radius 3 is 2.55 bits per heavy atom. The second-order valence-corrected chi connectivity index (χ2v) is 5.65. The van der Waals surface area contributed by atoms with Crippen LogP contribution >= 0.6 is 31.9 Å². The lowest BCUT2D eigenvalue weighted by Crippen LogP contribution is -2.22. The Balaban J connectivity index is 2.02. The van der Waals surface area contributed by atoms with Gasteiger partial charge in [-0.15, -0.1) is 0 Å². The molecular formula is C13H9Br2NO4. The van der Waals surface area contributed by atoms with Gasteiger partial charge in [0.15, 0.2) is 0 Å². The van der Waals surface area contributed by atoms with Gasteiger partial charge in [-0.3, -0.25) is 4.79 Å². The maximum Gasteiger partial charge on any atom is 0.371 e. The molecule has 1 amide bonds. The van der Waals surface area contributed by atoms with Gasteiger partial charge in [0.05, 0.1) is 12.1 Å². The number of halogens is 2. The molecule has 20 heavy (non-hydrogen) atoms. The number of furan rings is 1. The standard InChI is InChI=1S/C13H9Br2NO4/c14-7-1-3-9(10(15)5-7)12(17)16-6-8-2-4-11(20-8)13(18)19/h1-5H,6H2,(H,16,17)(H,18,19). The van der Waals surface area contributed by atoms with E-state index in [4.69, 9.17) is 9.52 Å². The Hall–Kier alpha value is -1.60. The molecule has 0 spiro atoms. The Labute approximate surface area is 131 Å². The van der Waals surface area contributed by atoms with Crippen LogP contribution in [0.5, 0.6) is 0 Å². The number of carbonyl (C=O) groups excluding carboxylic acids is 1. The van der Waals surface area contributed by atoms with Gasteiger partial charge in [0.25, 0.3) is 5.91 Å². The monoisotopic (exact) mass is 401 g/mol. The summed E-state index contributed by atoms with van der Waals surface area (Å²) in [7, 11) is 0. The lowest BCUT2D eigenvalue weighted by Gasteiger charge is -2.05. The van der Waals surface area contributed by atoms with E-state index in [2.05, 4.69) is 37.2 Å². The summed E-state index contributed by atoms with van der Waals surface area (Å²) < 4.78 is 6.57. The van der Waals surface area contributed by atoms with E-state index in [9.17, 15) is 9.59 Å². The maximum atomic E-state index is 12.0. The third-order valence-electron chi connectivity index (χ3n) is 2.47. The molecule has 2 aromatic rings. The molecule has 1 heterocycles. The molecule has 0 aliphatic heterocycles. The fraction of sp³-hybridized carbons (Fsp3) is 0.0769. The first kappa shape index (κ1) is 14.8. The van der Waals surface area contributed by atoms with E-state index in [1.54, 1.807) is 18.2 Å². The number of hydrogen-bond acceptors (Lipinski definition) is 3. The zero-order chi connectivity index (χ0) is 14.7. The third-order valence-corrected chi connectivity index (χ3v) is 3.62. The molecule has 0 unspecified atom stereocenters. The highest BCUT2D eigenvalue weighted by Gasteiger charge is 2.12. The molecule has 0 aliphatic rings. The molecule has 0 fully saturated rings. The highest BCUT2D eigenvalue weighted by molar-refractivity contribution is 9.11. The molecule has 0 radical (unpaired) electrons. The maximum absolute atomic E-state index is 12.0. The minimum Gasteiger partial charge on any atom is -0.475 e. The Bertz CT molecular complexity index is 666. The number of hydrogen-bond donors (Lipinski definition) is 2. The normalized spacial score (nSPS) is 10.3. The summed E-state index contributed by atoms with van der Waals surface area (Å²) >= 11 is 6.61. The van der Waals surface area contributed by atoms with Gasteiger partial charge in [-0.05, 0) is 46.3 Å². The molecule has 104 valence electrons. The summed E-state index contributed by atoms with van der Waals surface area (Å²) in [5, 5.41) is 11.4. The van der Waals surface area contributed by atoms with Gasteiger partial charge in [-0.1, -0.05) is 15.9 Å². The highest BCUT2D eigenvalue weighted by atomic mass is 79.9. The first-order valence-corrected chi connectivity index (χ1v) is 7.11. The van der Waals surface area contributed by atoms with E-state index >= 15 is 0 Å². The number of rotatable bonds is 4. The summed E-state index contributed by atoms with van der Waals surface area (Å²) in [6.45, 7) is 0.120. The molecule has 0 saturated carbocycles. The minimum absolute atomic E-state index is 0.120. The van der Waals surface area contributed by atoms with Gasteiger partial charge in [-0.2, -0.15) is 0 Å². The summed E-state index contributed by atoms with van der Waals surface area (Å²) in [6, 6.07) is 8.06. The molecule has 1 aromatic carbocycles. The Morgan fingerprint density at radius 2 is 1.95 bits per heavy atom. The zero-order valence-electron chi connectivity index (χ0n) is 10.0. The number of carboxylic acids is 1. The van der Waals surface area contributed by atoms with E-state index < -0.39 is 5.97 Å². The van der Waals surface area contributed by atoms with E-state index in [1.807, 2.05) is 0 Å². The first-order chi connectivity index (χ1) is 9.47. The number of benzene rings is 1. The molecular weight excluding hydrogens is 394 g/mol. The smallest absolute Gasteiger partial charge is 0.371 e. The SMILES string of the molecule is O=C(O)c1ccc(CNC(=O)c2ccc(Br)cc2Br)o1. The van der Waals surface area contributed by atoms with Crippen molar-refractivity contribution in [3.8, 4) is 0 Å². The summed E-state index contributed by atoms with van der Waals surface area (Å²) in [4.78, 5) is 22.6. The number of carbonyl (C=O) groups is 2. The minimum atomic E-state index is -1.14. The molecule has 1 aromatic heterocycles. The van der Waals surface area contributed by atoms with Crippen LogP contribution in [0.15, 0.2) is 43.7 Å². The second-order valence-electron chi connectivity index (χ2n) is 3.88. The van der Waals surface area contributed by atoms with Crippen LogP contribution in [0.4, 0.5) is 0 Å². The lowest BCUT2D eigenvalue weighted by molar-refractivity contribution is 0.0660. The fourth-order valence-electron chi connectivity index (χ4n) is 1.52. The van der Waals surface area contributed by atoms with Crippen molar-refractivity contribution in [2.24, 2.45) is 0 Å². The van der Waals surface area contributed by atoms with Crippen molar-refractivity contribution in [3.63, 3.8) is 0 Å². The van der Waals surface area contributed by atoms with E-state index in [0.717, 1.165) is 4.47 Å². The van der Waals surface area contributed by atoms with Gasteiger partial charge in [-0.25, -0.2) is 4.79 Å². The van der Waals surface area contributed by atoms with E-state index in [1.165, 1.54) is 12.1 Å². The van der Waals surface area contributed by atoms with Gasteiger partial charge < -0.3 is 14.8 Å². The van der Waals surface area contributed by atoms with Gasteiger partial charge in [0.1, 0.15) is 5.76 Å². The summed E-state index contributed by atoms with van der Waals surface area (Å²) in [5.74, 6) is -1.20. The highest BCUT2D eigenvalue weighted by Crippen LogP contribution is 2.22. The number of aromatic carboxylic acids is 1. The van der Waals surface area contributed by atoms with Crippen molar-refractivity contribution in [2.75, 3.05) is 0 Å². The van der Waals surface area contributed by atoms with Crippen molar-refractivity contribution in [2.45, 2.75) is 6.54 Å². The van der Waals surface area contributed by atoms with Crippen molar-refractivity contribution in [1.82, 2.24) is 5.32 Å². The number of carboxylic acid groups (broad SMARTS) is 1. The molecule has 5 nitrogen and oxygen atoms in total. The van der Waals surface area contributed by atoms with Gasteiger partial charge in [0.2, 0.25) is 5.76 Å². The van der Waals surface area contributed by atoms with Crippen LogP contribution in [-0.4, -0.2) is 17.0 Å². The van der Waals surface area contributed by atoms with Crippen molar-refractivity contribution in [3.05, 3.63) is 56.4 Å². The van der Waals surface area contributed by atoms with E-state index in [0.29, 0.717) is 15.8 Å². The number of amides is 1. The average molecular weight is 403 g/mol. The van der Waals surface area contributed by atoms with Crippen LogP contribution in [0.3, 0.4) is 0 Å². The molecule has 0 atom stereocenters. The van der Waals surface area contributed by atoms with Crippen LogP contribution < -0.4 is 5.32 Å². The lowest BCUT2D eigenvalue weighted by atomic mass is 10.2. The predicted molar refractivity (Wildman–Crippen MR) is 78.7 cm³/mol. The average Bonchev–Trinajstić information content (AvgIpc) is 2.85. The van der Waals surface area contributed by atoms with Gasteiger partial charge >= 0.3 is 5.97 Å². The Kier molecular flexibility index (Phi) is 4.61. The molecule has 2 rings (SSSR count). The second kappa shape index (κ2) is 6.23. The molecule has 2 N–H and O–H groups in total. The predicted octanol–water partition coefficient (Wildman–Crippen LogP) is 3.43. The van der Waals surface area contributed by atoms with Gasteiger partial charge in [0, 0.05) is 8.95 Å². The molecule has 0 saturated heterocycles. The summed E-state index contributed by atoms with van der Waals surface area (Å²) in [5.41, 5.74) is 0.484. The molecule has 0 aliphatic carbocycles. The quantitative estimate of drug-likeness (QED) is 0.820. The third kappa shape index (κ3) is 3.49. The van der Waals surface area contributed by atoms with E-state index in [-0.39, 0.29) is 18.2 Å². The van der Waals surface area contributed by atoms with Crippen molar-refractivity contribution < 1.29 is 19.1 Å². The topological polar surface area (TPSA) is 79.5 Å².